The van der Waals surface area contributed by atoms with Crippen LogP contribution in [0.3, 0.4) is 0 Å². The second kappa shape index (κ2) is 10.5. The van der Waals surface area contributed by atoms with Crippen LogP contribution in [0.1, 0.15) is 29.9 Å². The summed E-state index contributed by atoms with van der Waals surface area (Å²) in [5.74, 6) is -1.05. The van der Waals surface area contributed by atoms with Crippen molar-refractivity contribution in [2.45, 2.75) is 24.9 Å². The number of aromatic nitrogens is 2. The third-order valence-corrected chi connectivity index (χ3v) is 5.36. The van der Waals surface area contributed by atoms with Gasteiger partial charge in [-0.15, -0.1) is 0 Å². The van der Waals surface area contributed by atoms with Crippen molar-refractivity contribution in [3.05, 3.63) is 88.2 Å². The van der Waals surface area contributed by atoms with E-state index in [0.29, 0.717) is 13.2 Å². The number of amides is 1. The highest BCUT2D eigenvalue weighted by molar-refractivity contribution is 5.88. The number of nitro groups is 1. The van der Waals surface area contributed by atoms with Crippen molar-refractivity contribution in [2.75, 3.05) is 23.9 Å². The first-order chi connectivity index (χ1) is 16.1. The highest BCUT2D eigenvalue weighted by Gasteiger charge is 2.27. The van der Waals surface area contributed by atoms with Gasteiger partial charge < -0.3 is 10.1 Å². The summed E-state index contributed by atoms with van der Waals surface area (Å²) >= 11 is 0. The van der Waals surface area contributed by atoms with Gasteiger partial charge in [-0.05, 0) is 24.0 Å². The molecular weight excluding hydrogens is 424 g/mol. The maximum absolute atomic E-state index is 13.2. The minimum absolute atomic E-state index is 0.0202. The molecule has 1 atom stereocenters. The van der Waals surface area contributed by atoms with Crippen molar-refractivity contribution in [3.63, 3.8) is 0 Å². The van der Waals surface area contributed by atoms with Crippen LogP contribution in [0.25, 0.3) is 0 Å². The smallest absolute Gasteiger partial charge is 0.354 e. The molecule has 1 amide bonds. The number of rotatable bonds is 9. The van der Waals surface area contributed by atoms with Gasteiger partial charge in [0, 0.05) is 13.2 Å². The zero-order valence-electron chi connectivity index (χ0n) is 17.8. The summed E-state index contributed by atoms with van der Waals surface area (Å²) < 4.78 is 5.55. The first kappa shape index (κ1) is 22.2. The van der Waals surface area contributed by atoms with E-state index in [0.717, 1.165) is 24.0 Å². The van der Waals surface area contributed by atoms with Gasteiger partial charge >= 0.3 is 5.69 Å². The molecule has 4 rings (SSSR count). The first-order valence-electron chi connectivity index (χ1n) is 10.6. The third kappa shape index (κ3) is 5.42. The van der Waals surface area contributed by atoms with Crippen LogP contribution >= 0.6 is 0 Å². The first-order valence-corrected chi connectivity index (χ1v) is 10.6. The summed E-state index contributed by atoms with van der Waals surface area (Å²) in [6.45, 7) is 1.08. The van der Waals surface area contributed by atoms with Crippen LogP contribution in [0, 0.1) is 10.1 Å². The number of benzene rings is 2. The van der Waals surface area contributed by atoms with Crippen LogP contribution in [0.2, 0.25) is 0 Å². The standard InChI is InChI=1S/C23H24N6O4/c30-23(19(16-8-3-1-4-9-16)17-10-5-2-6-11-17)28-27-22-20(29(31)32)21(25-15-26-22)24-14-18-12-7-13-33-18/h1-6,8-11,15,18-19H,7,12-14H2,(H,28,30)(H2,24,25,26,27). The Morgan fingerprint density at radius 3 is 2.27 bits per heavy atom. The van der Waals surface area contributed by atoms with Crippen LogP contribution in [-0.2, 0) is 9.53 Å². The Morgan fingerprint density at radius 2 is 1.70 bits per heavy atom. The zero-order chi connectivity index (χ0) is 23.0. The van der Waals surface area contributed by atoms with E-state index >= 15 is 0 Å². The van der Waals surface area contributed by atoms with E-state index in [4.69, 9.17) is 4.74 Å². The predicted molar refractivity (Wildman–Crippen MR) is 123 cm³/mol. The number of ether oxygens (including phenoxy) is 1. The lowest BCUT2D eigenvalue weighted by Crippen LogP contribution is -2.35. The molecule has 2 aromatic carbocycles. The van der Waals surface area contributed by atoms with Crippen LogP contribution < -0.4 is 16.2 Å². The van der Waals surface area contributed by atoms with Gasteiger partial charge in [0.25, 0.3) is 0 Å². The second-order valence-electron chi connectivity index (χ2n) is 7.56. The normalized spacial score (nSPS) is 15.2. The van der Waals surface area contributed by atoms with Crippen molar-refractivity contribution in [2.24, 2.45) is 0 Å². The largest absolute Gasteiger partial charge is 0.376 e. The number of hydrazine groups is 1. The number of carbonyl (C=O) groups excluding carboxylic acids is 1. The van der Waals surface area contributed by atoms with E-state index in [2.05, 4.69) is 26.1 Å². The SMILES string of the molecule is O=C(NNc1ncnc(NCC2CCCO2)c1[N+](=O)[O-])C(c1ccccc1)c1ccccc1. The molecule has 0 radical (unpaired) electrons. The number of hydrogen-bond donors (Lipinski definition) is 3. The highest BCUT2D eigenvalue weighted by Crippen LogP contribution is 2.29. The van der Waals surface area contributed by atoms with Crippen molar-refractivity contribution in [1.29, 1.82) is 0 Å². The fraction of sp³-hybridized carbons (Fsp3) is 0.261. The molecule has 1 aliphatic heterocycles. The summed E-state index contributed by atoms with van der Waals surface area (Å²) in [7, 11) is 0. The summed E-state index contributed by atoms with van der Waals surface area (Å²) in [6, 6.07) is 18.6. The van der Waals surface area contributed by atoms with Crippen molar-refractivity contribution < 1.29 is 14.5 Å². The Bertz CT molecular complexity index is 1050. The molecule has 10 nitrogen and oxygen atoms in total. The van der Waals surface area contributed by atoms with E-state index < -0.39 is 10.8 Å². The van der Waals surface area contributed by atoms with Crippen molar-refractivity contribution in [3.8, 4) is 0 Å². The second-order valence-corrected chi connectivity index (χ2v) is 7.56. The van der Waals surface area contributed by atoms with Crippen LogP contribution in [0.5, 0.6) is 0 Å². The number of carbonyl (C=O) groups is 1. The lowest BCUT2D eigenvalue weighted by molar-refractivity contribution is -0.383. The Morgan fingerprint density at radius 1 is 1.06 bits per heavy atom. The van der Waals surface area contributed by atoms with Gasteiger partial charge in [-0.1, -0.05) is 60.7 Å². The van der Waals surface area contributed by atoms with Crippen LogP contribution in [0.15, 0.2) is 67.0 Å². The summed E-state index contributed by atoms with van der Waals surface area (Å²) in [4.78, 5) is 32.3. The van der Waals surface area contributed by atoms with Gasteiger partial charge in [0.15, 0.2) is 0 Å². The Labute approximate surface area is 190 Å². The number of nitrogens with zero attached hydrogens (tertiary/aromatic N) is 3. The van der Waals surface area contributed by atoms with Crippen molar-refractivity contribution >= 4 is 23.2 Å². The topological polar surface area (TPSA) is 131 Å². The zero-order valence-corrected chi connectivity index (χ0v) is 17.8. The average Bonchev–Trinajstić information content (AvgIpc) is 3.36. The maximum Gasteiger partial charge on any atom is 0.354 e. The fourth-order valence-corrected chi connectivity index (χ4v) is 3.77. The minimum Gasteiger partial charge on any atom is -0.376 e. The molecule has 1 aliphatic rings. The third-order valence-electron chi connectivity index (χ3n) is 5.36. The molecule has 0 aliphatic carbocycles. The van der Waals surface area contributed by atoms with Gasteiger partial charge in [0.2, 0.25) is 17.5 Å². The Balaban J connectivity index is 1.52. The number of anilines is 2. The van der Waals surface area contributed by atoms with Gasteiger partial charge in [-0.25, -0.2) is 9.97 Å². The molecule has 10 heteroatoms. The van der Waals surface area contributed by atoms with Gasteiger partial charge in [0.1, 0.15) is 6.33 Å². The Hall–Kier alpha value is -4.05. The fourth-order valence-electron chi connectivity index (χ4n) is 3.77. The lowest BCUT2D eigenvalue weighted by Gasteiger charge is -2.18. The Kier molecular flexibility index (Phi) is 7.06. The molecule has 1 fully saturated rings. The molecule has 1 unspecified atom stereocenters. The summed E-state index contributed by atoms with van der Waals surface area (Å²) in [5, 5.41) is 14.7. The average molecular weight is 448 g/mol. The van der Waals surface area contributed by atoms with Crippen molar-refractivity contribution in [1.82, 2.24) is 15.4 Å². The molecule has 33 heavy (non-hydrogen) atoms. The van der Waals surface area contributed by atoms with E-state index in [9.17, 15) is 14.9 Å². The van der Waals surface area contributed by atoms with Gasteiger partial charge in [0.05, 0.1) is 16.9 Å². The summed E-state index contributed by atoms with van der Waals surface area (Å²) in [5.41, 5.74) is 6.43. The quantitative estimate of drug-likeness (QED) is 0.336. The molecule has 3 N–H and O–H groups in total. The predicted octanol–water partition coefficient (Wildman–Crippen LogP) is 3.25. The molecule has 0 bridgehead atoms. The number of nitrogens with one attached hydrogen (secondary N) is 3. The molecule has 1 saturated heterocycles. The highest BCUT2D eigenvalue weighted by atomic mass is 16.6. The molecule has 0 saturated carbocycles. The van der Waals surface area contributed by atoms with Crippen LogP contribution in [-0.4, -0.2) is 40.1 Å². The number of hydrogen-bond acceptors (Lipinski definition) is 8. The van der Waals surface area contributed by atoms with E-state index in [-0.39, 0.29) is 29.3 Å². The minimum atomic E-state index is -0.613. The lowest BCUT2D eigenvalue weighted by atomic mass is 9.91. The van der Waals surface area contributed by atoms with E-state index in [1.165, 1.54) is 6.33 Å². The van der Waals surface area contributed by atoms with E-state index in [1.54, 1.807) is 0 Å². The van der Waals surface area contributed by atoms with E-state index in [1.807, 2.05) is 60.7 Å². The molecule has 0 spiro atoms. The molecular formula is C23H24N6O4. The molecule has 3 aromatic rings. The monoisotopic (exact) mass is 448 g/mol. The van der Waals surface area contributed by atoms with Gasteiger partial charge in [-0.2, -0.15) is 0 Å². The molecule has 2 heterocycles. The molecule has 1 aromatic heterocycles. The van der Waals surface area contributed by atoms with Crippen LogP contribution in [0.4, 0.5) is 17.3 Å². The summed E-state index contributed by atoms with van der Waals surface area (Å²) in [6.07, 6.45) is 3.02. The maximum atomic E-state index is 13.2. The molecule has 170 valence electrons. The van der Waals surface area contributed by atoms with Gasteiger partial charge in [-0.3, -0.25) is 25.8 Å².